The molecule has 0 saturated heterocycles. The molecule has 0 radical (unpaired) electrons. The molecule has 0 fully saturated rings. The van der Waals surface area contributed by atoms with Gasteiger partial charge in [-0.05, 0) is 68.1 Å². The van der Waals surface area contributed by atoms with Crippen LogP contribution in [-0.2, 0) is 12.7 Å². The summed E-state index contributed by atoms with van der Waals surface area (Å²) in [6, 6.07) is 11.5. The van der Waals surface area contributed by atoms with Gasteiger partial charge in [-0.15, -0.1) is 0 Å². The second kappa shape index (κ2) is 13.2. The van der Waals surface area contributed by atoms with Gasteiger partial charge in [0.1, 0.15) is 6.10 Å². The number of pyridine rings is 1. The van der Waals surface area contributed by atoms with Gasteiger partial charge in [-0.25, -0.2) is 4.79 Å². The number of likely N-dealkylation sites (N-methyl/N-ethyl adjacent to an activating group) is 1. The van der Waals surface area contributed by atoms with Crippen LogP contribution in [0, 0.1) is 5.92 Å². The van der Waals surface area contributed by atoms with Crippen LogP contribution in [0.2, 0.25) is 0 Å². The van der Waals surface area contributed by atoms with Gasteiger partial charge >= 0.3 is 12.2 Å². The number of amides is 3. The fraction of sp³-hybridized carbons (Fsp3) is 0.367. The van der Waals surface area contributed by atoms with E-state index in [1.165, 1.54) is 0 Å². The van der Waals surface area contributed by atoms with Gasteiger partial charge in [-0.3, -0.25) is 14.7 Å². The number of aliphatic hydroxyl groups excluding tert-OH is 1. The normalized spacial score (nSPS) is 18.0. The Hall–Kier alpha value is -4.16. The largest absolute Gasteiger partial charge is 0.486 e. The molecular weight excluding hydrogens is 551 g/mol. The summed E-state index contributed by atoms with van der Waals surface area (Å²) in [5.41, 5.74) is 0.831. The van der Waals surface area contributed by atoms with E-state index in [4.69, 9.17) is 4.74 Å². The minimum atomic E-state index is -4.49. The van der Waals surface area contributed by atoms with Crippen LogP contribution in [0.25, 0.3) is 0 Å². The average Bonchev–Trinajstić information content (AvgIpc) is 2.95. The van der Waals surface area contributed by atoms with E-state index in [0.717, 1.165) is 29.8 Å². The summed E-state index contributed by atoms with van der Waals surface area (Å²) in [5, 5.41) is 15.1. The molecule has 9 nitrogen and oxygen atoms in total. The summed E-state index contributed by atoms with van der Waals surface area (Å²) >= 11 is 0. The molecule has 3 amide bonds. The van der Waals surface area contributed by atoms with Gasteiger partial charge in [0.05, 0.1) is 29.5 Å². The fourth-order valence-electron chi connectivity index (χ4n) is 4.76. The number of fused-ring (bicyclic) bond motifs is 1. The van der Waals surface area contributed by atoms with Gasteiger partial charge in [0, 0.05) is 43.6 Å². The highest BCUT2D eigenvalue weighted by Crippen LogP contribution is 2.35. The first-order valence-corrected chi connectivity index (χ1v) is 13.5. The van der Waals surface area contributed by atoms with Crippen molar-refractivity contribution in [1.29, 1.82) is 0 Å². The second-order valence-corrected chi connectivity index (χ2v) is 10.5. The summed E-state index contributed by atoms with van der Waals surface area (Å²) in [6.45, 7) is 4.97. The SMILES string of the molecule is C[C@@H]1CN([C@@H](C)CO)C(=O)c2cccc(NC(=O)Nc3ccc(C(F)(F)F)cc3)c2O[C@@H]1CN(C)Cc1ccncc1. The number of aromatic nitrogens is 1. The smallest absolute Gasteiger partial charge is 0.416 e. The molecule has 0 saturated carbocycles. The van der Waals surface area contributed by atoms with Crippen molar-refractivity contribution < 1.29 is 32.6 Å². The molecule has 2 aromatic carbocycles. The highest BCUT2D eigenvalue weighted by atomic mass is 19.4. The van der Waals surface area contributed by atoms with Crippen molar-refractivity contribution >= 4 is 23.3 Å². The summed E-state index contributed by atoms with van der Waals surface area (Å²) < 4.78 is 45.2. The predicted molar refractivity (Wildman–Crippen MR) is 152 cm³/mol. The van der Waals surface area contributed by atoms with Gasteiger partial charge in [0.25, 0.3) is 5.91 Å². The number of aliphatic hydroxyl groups is 1. The average molecular weight is 586 g/mol. The van der Waals surface area contributed by atoms with E-state index < -0.39 is 29.9 Å². The third-order valence-electron chi connectivity index (χ3n) is 7.10. The topological polar surface area (TPSA) is 107 Å². The molecule has 3 atom stereocenters. The Morgan fingerprint density at radius 1 is 1.14 bits per heavy atom. The van der Waals surface area contributed by atoms with Crippen molar-refractivity contribution in [3.05, 3.63) is 83.7 Å². The maximum atomic E-state index is 13.6. The van der Waals surface area contributed by atoms with Crippen LogP contribution in [-0.4, -0.2) is 70.7 Å². The van der Waals surface area contributed by atoms with Crippen LogP contribution in [0.5, 0.6) is 5.75 Å². The number of carbonyl (C=O) groups is 2. The molecular formula is C30H34F3N5O4. The lowest BCUT2D eigenvalue weighted by Crippen LogP contribution is -2.49. The first kappa shape index (κ1) is 30.8. The van der Waals surface area contributed by atoms with Gasteiger partial charge in [0.2, 0.25) is 0 Å². The van der Waals surface area contributed by atoms with E-state index in [1.54, 1.807) is 42.4 Å². The van der Waals surface area contributed by atoms with Gasteiger partial charge in [0.15, 0.2) is 5.75 Å². The van der Waals surface area contributed by atoms with E-state index in [2.05, 4.69) is 20.5 Å². The highest BCUT2D eigenvalue weighted by Gasteiger charge is 2.35. The second-order valence-electron chi connectivity index (χ2n) is 10.5. The number of benzene rings is 2. The van der Waals surface area contributed by atoms with Crippen molar-refractivity contribution in [2.45, 2.75) is 38.7 Å². The lowest BCUT2D eigenvalue weighted by atomic mass is 9.99. The minimum absolute atomic E-state index is 0.148. The third kappa shape index (κ3) is 7.56. The van der Waals surface area contributed by atoms with Crippen molar-refractivity contribution in [3.63, 3.8) is 0 Å². The molecule has 4 rings (SSSR count). The summed E-state index contributed by atoms with van der Waals surface area (Å²) in [5.74, 6) is -0.326. The Kier molecular flexibility index (Phi) is 9.69. The summed E-state index contributed by atoms with van der Waals surface area (Å²) in [7, 11) is 1.96. The minimum Gasteiger partial charge on any atom is -0.486 e. The predicted octanol–water partition coefficient (Wildman–Crippen LogP) is 5.10. The lowest BCUT2D eigenvalue weighted by molar-refractivity contribution is -0.137. The maximum Gasteiger partial charge on any atom is 0.416 e. The molecule has 0 bridgehead atoms. The van der Waals surface area contributed by atoms with Crippen LogP contribution in [0.3, 0.4) is 0 Å². The number of alkyl halides is 3. The molecule has 3 aromatic rings. The zero-order valence-corrected chi connectivity index (χ0v) is 23.6. The molecule has 12 heteroatoms. The van der Waals surface area contributed by atoms with Crippen LogP contribution >= 0.6 is 0 Å². The number of nitrogens with one attached hydrogen (secondary N) is 2. The number of rotatable bonds is 8. The van der Waals surface area contributed by atoms with Gasteiger partial charge < -0.3 is 25.4 Å². The first-order chi connectivity index (χ1) is 20.0. The molecule has 1 aliphatic heterocycles. The van der Waals surface area contributed by atoms with E-state index in [-0.39, 0.29) is 41.1 Å². The molecule has 0 spiro atoms. The summed E-state index contributed by atoms with van der Waals surface area (Å²) in [4.78, 5) is 34.3. The van der Waals surface area contributed by atoms with Crippen molar-refractivity contribution in [2.24, 2.45) is 5.92 Å². The Bertz CT molecular complexity index is 1370. The van der Waals surface area contributed by atoms with Gasteiger partial charge in [-0.2, -0.15) is 13.2 Å². The number of halogens is 3. The Labute approximate surface area is 242 Å². The Balaban J connectivity index is 1.60. The Morgan fingerprint density at radius 3 is 2.48 bits per heavy atom. The number of nitrogens with zero attached hydrogens (tertiary/aromatic N) is 3. The number of hydrogen-bond acceptors (Lipinski definition) is 6. The monoisotopic (exact) mass is 585 g/mol. The molecule has 2 heterocycles. The van der Waals surface area contributed by atoms with Crippen molar-refractivity contribution in [2.75, 3.05) is 37.4 Å². The number of anilines is 2. The van der Waals surface area contributed by atoms with Crippen LogP contribution in [0.1, 0.15) is 35.3 Å². The van der Waals surface area contributed by atoms with E-state index in [1.807, 2.05) is 26.1 Å². The number of carbonyl (C=O) groups excluding carboxylic acids is 2. The molecule has 3 N–H and O–H groups in total. The maximum absolute atomic E-state index is 13.6. The highest BCUT2D eigenvalue weighted by molar-refractivity contribution is 6.04. The quantitative estimate of drug-likeness (QED) is 0.340. The third-order valence-corrected chi connectivity index (χ3v) is 7.10. The van der Waals surface area contributed by atoms with E-state index >= 15 is 0 Å². The first-order valence-electron chi connectivity index (χ1n) is 13.5. The Morgan fingerprint density at radius 2 is 1.83 bits per heavy atom. The van der Waals surface area contributed by atoms with E-state index in [9.17, 15) is 27.9 Å². The fourth-order valence-corrected chi connectivity index (χ4v) is 4.76. The number of hydrogen-bond donors (Lipinski definition) is 3. The zero-order chi connectivity index (χ0) is 30.4. The molecule has 1 aromatic heterocycles. The van der Waals surface area contributed by atoms with Crippen LogP contribution < -0.4 is 15.4 Å². The number of para-hydroxylation sites is 1. The molecule has 0 aliphatic carbocycles. The number of ether oxygens (including phenoxy) is 1. The van der Waals surface area contributed by atoms with E-state index in [0.29, 0.717) is 19.6 Å². The zero-order valence-electron chi connectivity index (χ0n) is 23.6. The van der Waals surface area contributed by atoms with Crippen LogP contribution in [0.15, 0.2) is 67.0 Å². The molecule has 0 unspecified atom stereocenters. The van der Waals surface area contributed by atoms with Crippen molar-refractivity contribution in [1.82, 2.24) is 14.8 Å². The number of urea groups is 1. The van der Waals surface area contributed by atoms with Crippen molar-refractivity contribution in [3.8, 4) is 5.75 Å². The molecule has 1 aliphatic rings. The molecule has 42 heavy (non-hydrogen) atoms. The van der Waals surface area contributed by atoms with Crippen LogP contribution in [0.4, 0.5) is 29.3 Å². The lowest BCUT2D eigenvalue weighted by Gasteiger charge is -2.38. The standard InChI is InChI=1S/C30H34F3N5O4/c1-19-15-38(20(2)18-39)28(40)24-5-4-6-25(36-29(41)35-23-9-7-22(8-10-23)30(31,32)33)27(24)42-26(19)17-37(3)16-21-11-13-34-14-12-21/h4-14,19-20,26,39H,15-18H2,1-3H3,(H2,35,36,41)/t19-,20+,26-/m1/s1. The molecule has 224 valence electrons. The summed E-state index contributed by atoms with van der Waals surface area (Å²) in [6.07, 6.45) is -1.45. The van der Waals surface area contributed by atoms with Gasteiger partial charge in [-0.1, -0.05) is 13.0 Å².